The minimum atomic E-state index is -0.976. The highest BCUT2D eigenvalue weighted by Crippen LogP contribution is 2.59. The number of amides is 3. The van der Waals surface area contributed by atoms with E-state index in [2.05, 4.69) is 30.0 Å². The summed E-state index contributed by atoms with van der Waals surface area (Å²) < 4.78 is 7.55. The molecule has 6 heterocycles. The van der Waals surface area contributed by atoms with Crippen LogP contribution in [-0.4, -0.2) is 105 Å². The van der Waals surface area contributed by atoms with Gasteiger partial charge >= 0.3 is 0 Å². The summed E-state index contributed by atoms with van der Waals surface area (Å²) >= 11 is 6.28. The van der Waals surface area contributed by atoms with E-state index < -0.39 is 46.4 Å². The maximum absolute atomic E-state index is 14.3. The molecular formula is C43H47ClN10O5. The third-order valence-corrected chi connectivity index (χ3v) is 13.7. The molecule has 306 valence electrons. The number of carbonyl (C=O) groups excluding carboxylic acids is 3. The van der Waals surface area contributed by atoms with Gasteiger partial charge in [-0.1, -0.05) is 44.5 Å². The van der Waals surface area contributed by atoms with E-state index in [0.717, 1.165) is 68.4 Å². The lowest BCUT2D eigenvalue weighted by Gasteiger charge is -2.65. The maximum atomic E-state index is 14.3. The first-order chi connectivity index (χ1) is 28.1. The molecule has 1 saturated carbocycles. The Labute approximate surface area is 346 Å². The number of rotatable bonds is 9. The monoisotopic (exact) mass is 818 g/mol. The summed E-state index contributed by atoms with van der Waals surface area (Å²) in [4.78, 5) is 66.1. The highest BCUT2D eigenvalue weighted by molar-refractivity contribution is 6.31. The summed E-state index contributed by atoms with van der Waals surface area (Å²) in [5, 5.41) is 18.6. The highest BCUT2D eigenvalue weighted by atomic mass is 35.5. The molecule has 2 aromatic carbocycles. The molecule has 0 bridgehead atoms. The van der Waals surface area contributed by atoms with Crippen LogP contribution in [0.3, 0.4) is 0 Å². The number of benzene rings is 2. The molecule has 0 radical (unpaired) electrons. The van der Waals surface area contributed by atoms with Crippen molar-refractivity contribution in [2.24, 2.45) is 27.9 Å². The summed E-state index contributed by atoms with van der Waals surface area (Å²) in [6.45, 7) is 14.7. The molecule has 15 nitrogen and oxygen atoms in total. The fraction of sp³-hybridized carbons (Fsp3) is 0.488. The minimum Gasteiger partial charge on any atom is -0.489 e. The van der Waals surface area contributed by atoms with E-state index in [4.69, 9.17) is 22.1 Å². The van der Waals surface area contributed by atoms with E-state index in [1.165, 1.54) is 4.90 Å². The van der Waals surface area contributed by atoms with Gasteiger partial charge in [0.15, 0.2) is 0 Å². The molecule has 2 N–H and O–H groups in total. The van der Waals surface area contributed by atoms with Crippen LogP contribution >= 0.6 is 11.6 Å². The number of nitriles is 1. The molecule has 4 saturated heterocycles. The standard InChI is InChI=1S/C43H47ClN10O5/c1-41(2)39(42(3,4)40(41)59-29-8-5-26(17-45)31(44)16-29)53-35(55)12-10-33(38(53)58)54-37(57)30-9-7-28(15-32(30)48-49-54)52-23-43(24-52)21-50(22-43)19-25-13-14-51(20-25)34-11-6-27(18-47-34)36(46)56/h5-9,11,15-16,18,25,33,39-40H,10,12-14,19-24H2,1-4H3,(H2,46,56)/t25-,33-,39?,40?/m1/s1. The predicted molar refractivity (Wildman–Crippen MR) is 220 cm³/mol. The largest absolute Gasteiger partial charge is 0.489 e. The van der Waals surface area contributed by atoms with Crippen LogP contribution in [0.1, 0.15) is 68.9 Å². The number of aromatic nitrogens is 4. The molecule has 9 rings (SSSR count). The molecule has 0 unspecified atom stereocenters. The Balaban J connectivity index is 0.824. The SMILES string of the molecule is CC1(C)C(Oc2ccc(C#N)c(Cl)c2)C(C)(C)C1N1C(=O)CC[C@@H](n2nnc3cc(N4CC5(CN(C[C@H]6CCN(c7ccc(C(N)=O)cn7)C6)C5)C4)ccc3c2=O)C1=O. The number of piperidine rings is 1. The van der Waals surface area contributed by atoms with E-state index >= 15 is 0 Å². The average molecular weight is 819 g/mol. The first-order valence-corrected chi connectivity index (χ1v) is 20.6. The number of nitrogens with zero attached hydrogens (tertiary/aromatic N) is 9. The molecule has 1 spiro atoms. The smallest absolute Gasteiger partial charge is 0.278 e. The number of primary amides is 1. The van der Waals surface area contributed by atoms with Crippen LogP contribution < -0.4 is 25.8 Å². The Hall–Kier alpha value is -5.59. The second kappa shape index (κ2) is 14.0. The summed E-state index contributed by atoms with van der Waals surface area (Å²) in [7, 11) is 0. The fourth-order valence-corrected chi connectivity index (χ4v) is 11.3. The summed E-state index contributed by atoms with van der Waals surface area (Å²) in [5.41, 5.74) is 6.10. The van der Waals surface area contributed by atoms with E-state index in [9.17, 15) is 24.4 Å². The number of anilines is 2. The Kier molecular flexibility index (Phi) is 9.24. The third kappa shape index (κ3) is 6.48. The topological polar surface area (TPSA) is 184 Å². The number of hydrogen-bond acceptors (Lipinski definition) is 12. The molecule has 2 aromatic heterocycles. The van der Waals surface area contributed by atoms with Gasteiger partial charge in [0.2, 0.25) is 11.8 Å². The molecule has 4 aliphatic heterocycles. The van der Waals surface area contributed by atoms with Gasteiger partial charge in [0.25, 0.3) is 11.5 Å². The van der Waals surface area contributed by atoms with Gasteiger partial charge in [-0.3, -0.25) is 24.1 Å². The van der Waals surface area contributed by atoms with Gasteiger partial charge in [-0.05, 0) is 61.2 Å². The first-order valence-electron chi connectivity index (χ1n) is 20.2. The van der Waals surface area contributed by atoms with Crippen molar-refractivity contribution in [3.8, 4) is 11.8 Å². The van der Waals surface area contributed by atoms with E-state index in [-0.39, 0.29) is 29.2 Å². The van der Waals surface area contributed by atoms with E-state index in [1.54, 1.807) is 36.5 Å². The molecule has 16 heteroatoms. The van der Waals surface area contributed by atoms with Crippen LogP contribution in [-0.2, 0) is 9.59 Å². The van der Waals surface area contributed by atoms with Crippen molar-refractivity contribution in [3.63, 3.8) is 0 Å². The summed E-state index contributed by atoms with van der Waals surface area (Å²) in [6, 6.07) is 14.7. The van der Waals surface area contributed by atoms with E-state index in [0.29, 0.717) is 33.7 Å². The zero-order valence-electron chi connectivity index (χ0n) is 33.6. The number of likely N-dealkylation sites (tertiary alicyclic amines) is 2. The van der Waals surface area contributed by atoms with Gasteiger partial charge in [0.05, 0.1) is 27.6 Å². The first kappa shape index (κ1) is 38.9. The molecule has 2 atom stereocenters. The predicted octanol–water partition coefficient (Wildman–Crippen LogP) is 4.03. The van der Waals surface area contributed by atoms with Crippen molar-refractivity contribution < 1.29 is 19.1 Å². The summed E-state index contributed by atoms with van der Waals surface area (Å²) in [5.74, 6) is 0.690. The number of halogens is 1. The number of hydrogen-bond donors (Lipinski definition) is 1. The van der Waals surface area contributed by atoms with Crippen LogP contribution in [0.5, 0.6) is 5.75 Å². The minimum absolute atomic E-state index is 0.0830. The average Bonchev–Trinajstić information content (AvgIpc) is 3.65. The van der Waals surface area contributed by atoms with Crippen LogP contribution in [0.25, 0.3) is 10.9 Å². The third-order valence-electron chi connectivity index (χ3n) is 13.4. The maximum Gasteiger partial charge on any atom is 0.278 e. The van der Waals surface area contributed by atoms with Crippen LogP contribution in [0.4, 0.5) is 11.5 Å². The van der Waals surface area contributed by atoms with Gasteiger partial charge in [-0.2, -0.15) is 9.94 Å². The molecule has 5 aliphatic rings. The zero-order chi connectivity index (χ0) is 41.6. The van der Waals surface area contributed by atoms with Crippen molar-refractivity contribution >= 4 is 51.7 Å². The van der Waals surface area contributed by atoms with Gasteiger partial charge in [-0.15, -0.1) is 5.10 Å². The quantitative estimate of drug-likeness (QED) is 0.240. The van der Waals surface area contributed by atoms with Crippen LogP contribution in [0.2, 0.25) is 5.02 Å². The lowest BCUT2D eigenvalue weighted by Crippen LogP contribution is -2.77. The Morgan fingerprint density at radius 3 is 2.42 bits per heavy atom. The number of carbonyl (C=O) groups is 3. The van der Waals surface area contributed by atoms with Gasteiger partial charge < -0.3 is 25.2 Å². The number of ether oxygens (including phenoxy) is 1. The van der Waals surface area contributed by atoms with Crippen molar-refractivity contribution in [1.29, 1.82) is 5.26 Å². The van der Waals surface area contributed by atoms with Gasteiger partial charge in [0, 0.05) is 86.4 Å². The van der Waals surface area contributed by atoms with Crippen LogP contribution in [0, 0.1) is 33.5 Å². The fourth-order valence-electron chi connectivity index (χ4n) is 11.1. The molecular weight excluding hydrogens is 772 g/mol. The second-order valence-corrected chi connectivity index (χ2v) is 18.8. The molecule has 59 heavy (non-hydrogen) atoms. The van der Waals surface area contributed by atoms with E-state index in [1.807, 2.05) is 52.0 Å². The lowest BCUT2D eigenvalue weighted by molar-refractivity contribution is -0.216. The number of nitrogens with two attached hydrogens (primary N) is 1. The number of imide groups is 1. The van der Waals surface area contributed by atoms with Gasteiger partial charge in [0.1, 0.15) is 35.3 Å². The Morgan fingerprint density at radius 1 is 0.983 bits per heavy atom. The van der Waals surface area contributed by atoms with Crippen LogP contribution in [0.15, 0.2) is 59.5 Å². The van der Waals surface area contributed by atoms with Crippen molar-refractivity contribution in [2.75, 3.05) is 55.6 Å². The lowest BCUT2D eigenvalue weighted by atomic mass is 9.48. The van der Waals surface area contributed by atoms with Crippen molar-refractivity contribution in [3.05, 3.63) is 81.2 Å². The van der Waals surface area contributed by atoms with Crippen molar-refractivity contribution in [2.45, 2.75) is 65.1 Å². The number of pyridine rings is 1. The second-order valence-electron chi connectivity index (χ2n) is 18.4. The van der Waals surface area contributed by atoms with Crippen molar-refractivity contribution in [1.82, 2.24) is 29.8 Å². The van der Waals surface area contributed by atoms with Gasteiger partial charge in [-0.25, -0.2) is 4.98 Å². The highest BCUT2D eigenvalue weighted by Gasteiger charge is 2.68. The molecule has 4 aromatic rings. The summed E-state index contributed by atoms with van der Waals surface area (Å²) in [6.07, 6.45) is 2.49. The molecule has 3 amide bonds. The Bertz CT molecular complexity index is 2470. The molecule has 1 aliphatic carbocycles. The normalized spacial score (nSPS) is 25.7. The Morgan fingerprint density at radius 2 is 1.75 bits per heavy atom. The molecule has 5 fully saturated rings. The number of fused-ring (bicyclic) bond motifs is 1. The zero-order valence-corrected chi connectivity index (χ0v) is 34.4.